The number of piperidine rings is 3. The van der Waals surface area contributed by atoms with Crippen molar-refractivity contribution in [2.24, 2.45) is 11.7 Å². The first-order valence-corrected chi connectivity index (χ1v) is 21.2. The Morgan fingerprint density at radius 3 is 2.37 bits per heavy atom. The Hall–Kier alpha value is -5.97. The van der Waals surface area contributed by atoms with E-state index in [0.29, 0.717) is 41.9 Å². The fraction of sp³-hybridized carbons (Fsp3) is 0.512. The van der Waals surface area contributed by atoms with E-state index in [1.807, 2.05) is 30.1 Å². The number of urea groups is 1. The van der Waals surface area contributed by atoms with E-state index in [4.69, 9.17) is 10.7 Å². The first-order valence-electron chi connectivity index (χ1n) is 21.2. The minimum atomic E-state index is -0.977. The van der Waals surface area contributed by atoms with Crippen LogP contribution in [0.15, 0.2) is 42.5 Å². The monoisotopic (exact) mass is 819 g/mol. The number of imidazole rings is 1. The molecule has 60 heavy (non-hydrogen) atoms. The Bertz CT molecular complexity index is 2230. The molecule has 5 N–H and O–H groups in total. The molecule has 0 aliphatic carbocycles. The standard InChI is InChI=1S/C43H53N11O6/c1-43(27-5-7-28(8-6-27)45-37-35(36(44)56)47-41(48-37)52-16-3-4-30(25-52)53-21-20-49(2)42(53)60)14-18-50(19-15-43)23-26-13-17-51(24-26)29-9-10-31-32(22-29)40(59)54(39(31)58)33-11-12-34(55)46-38(33)57/h5-10,22,26,30,33,45H,3-4,11-21,23-25H2,1-2H3,(H2,44,56)(H,47,48)(H,46,55,57). The van der Waals surface area contributed by atoms with Crippen LogP contribution in [0.25, 0.3) is 0 Å². The molecule has 3 atom stereocenters. The van der Waals surface area contributed by atoms with Crippen LogP contribution in [0.1, 0.15) is 88.6 Å². The van der Waals surface area contributed by atoms with E-state index in [9.17, 15) is 28.8 Å². The molecule has 0 bridgehead atoms. The van der Waals surface area contributed by atoms with Gasteiger partial charge >= 0.3 is 6.03 Å². The minimum Gasteiger partial charge on any atom is -0.371 e. The number of imide groups is 2. The van der Waals surface area contributed by atoms with Crippen LogP contribution >= 0.6 is 0 Å². The Balaban J connectivity index is 0.778. The number of H-pyrrole nitrogens is 1. The lowest BCUT2D eigenvalue weighted by Crippen LogP contribution is -2.54. The quantitative estimate of drug-likeness (QED) is 0.219. The summed E-state index contributed by atoms with van der Waals surface area (Å²) in [6, 6.07) is 12.9. The second kappa shape index (κ2) is 15.6. The van der Waals surface area contributed by atoms with Crippen molar-refractivity contribution >= 4 is 58.7 Å². The van der Waals surface area contributed by atoms with Gasteiger partial charge in [-0.15, -0.1) is 0 Å². The maximum Gasteiger partial charge on any atom is 0.320 e. The third kappa shape index (κ3) is 7.32. The summed E-state index contributed by atoms with van der Waals surface area (Å²) in [5.74, 6) is -1.16. The number of hydrogen-bond donors (Lipinski definition) is 4. The number of hydrogen-bond acceptors (Lipinski definition) is 11. The molecule has 7 heterocycles. The summed E-state index contributed by atoms with van der Waals surface area (Å²) in [5.41, 5.74) is 9.59. The molecule has 0 spiro atoms. The van der Waals surface area contributed by atoms with Crippen molar-refractivity contribution in [1.29, 1.82) is 0 Å². The highest BCUT2D eigenvalue weighted by Crippen LogP contribution is 2.38. The van der Waals surface area contributed by atoms with Crippen LogP contribution in [0, 0.1) is 5.92 Å². The SMILES string of the molecule is CN1CCN(C2CCCN(c3nc(Nc4ccc(C5(C)CCN(CC6CCN(c7ccc8c(c7)C(=O)N(C7CCC(=O)NC7=O)C8=O)C6)CC5)cc4)c(C(N)=O)[nH]3)C2)C1=O. The maximum atomic E-state index is 13.4. The number of aromatic nitrogens is 2. The fourth-order valence-corrected chi connectivity index (χ4v) is 10.0. The lowest BCUT2D eigenvalue weighted by molar-refractivity contribution is -0.136. The molecule has 5 saturated heterocycles. The lowest BCUT2D eigenvalue weighted by Gasteiger charge is -2.40. The van der Waals surface area contributed by atoms with Crippen LogP contribution in [0.5, 0.6) is 0 Å². The third-order valence-corrected chi connectivity index (χ3v) is 13.7. The first-order chi connectivity index (χ1) is 28.8. The maximum absolute atomic E-state index is 13.4. The molecule has 6 aliphatic heterocycles. The zero-order valence-corrected chi connectivity index (χ0v) is 34.2. The number of benzene rings is 2. The van der Waals surface area contributed by atoms with Gasteiger partial charge in [0, 0.05) is 70.7 Å². The molecule has 0 saturated carbocycles. The molecule has 6 aliphatic rings. The molecular weight excluding hydrogens is 767 g/mol. The number of rotatable bonds is 10. The van der Waals surface area contributed by atoms with Crippen molar-refractivity contribution in [3.05, 3.63) is 64.8 Å². The topological polar surface area (TPSA) is 201 Å². The highest BCUT2D eigenvalue weighted by Gasteiger charge is 2.45. The predicted octanol–water partition coefficient (Wildman–Crippen LogP) is 2.87. The van der Waals surface area contributed by atoms with Crippen LogP contribution < -0.4 is 26.2 Å². The summed E-state index contributed by atoms with van der Waals surface area (Å²) >= 11 is 0. The number of primary amides is 1. The molecule has 7 amide bonds. The second-order valence-electron chi connectivity index (χ2n) is 17.6. The summed E-state index contributed by atoms with van der Waals surface area (Å²) in [6.45, 7) is 9.82. The van der Waals surface area contributed by atoms with Crippen molar-refractivity contribution in [3.63, 3.8) is 0 Å². The van der Waals surface area contributed by atoms with Crippen LogP contribution in [0.3, 0.4) is 0 Å². The summed E-state index contributed by atoms with van der Waals surface area (Å²) in [4.78, 5) is 95.4. The largest absolute Gasteiger partial charge is 0.371 e. The van der Waals surface area contributed by atoms with Gasteiger partial charge < -0.3 is 40.5 Å². The van der Waals surface area contributed by atoms with Crippen molar-refractivity contribution in [1.82, 2.24) is 34.9 Å². The average Bonchev–Trinajstić information content (AvgIpc) is 4.02. The van der Waals surface area contributed by atoms with E-state index in [1.165, 1.54) is 5.56 Å². The first kappa shape index (κ1) is 39.5. The van der Waals surface area contributed by atoms with Gasteiger partial charge in [-0.3, -0.25) is 34.2 Å². The Morgan fingerprint density at radius 2 is 1.65 bits per heavy atom. The number of likely N-dealkylation sites (N-methyl/N-ethyl adjacent to an activating group) is 1. The number of carbonyl (C=O) groups excluding carboxylic acids is 6. The van der Waals surface area contributed by atoms with Crippen LogP contribution in [-0.2, 0) is 15.0 Å². The number of amides is 7. The van der Waals surface area contributed by atoms with Gasteiger partial charge in [0.05, 0.1) is 17.2 Å². The van der Waals surface area contributed by atoms with Crippen LogP contribution in [0.2, 0.25) is 0 Å². The van der Waals surface area contributed by atoms with Gasteiger partial charge in [0.25, 0.3) is 17.7 Å². The number of nitrogens with two attached hydrogens (primary N) is 1. The molecule has 17 nitrogen and oxygen atoms in total. The number of anilines is 4. The van der Waals surface area contributed by atoms with Gasteiger partial charge in [0.15, 0.2) is 5.82 Å². The van der Waals surface area contributed by atoms with E-state index < -0.39 is 35.6 Å². The normalized spacial score (nSPS) is 24.7. The molecule has 5 fully saturated rings. The number of nitrogens with one attached hydrogen (secondary N) is 3. The molecule has 1 aromatic heterocycles. The predicted molar refractivity (Wildman–Crippen MR) is 223 cm³/mol. The van der Waals surface area contributed by atoms with Gasteiger partial charge in [-0.1, -0.05) is 19.1 Å². The van der Waals surface area contributed by atoms with Gasteiger partial charge in [0.1, 0.15) is 11.7 Å². The molecule has 3 unspecified atom stereocenters. The van der Waals surface area contributed by atoms with E-state index in [-0.39, 0.29) is 36.0 Å². The van der Waals surface area contributed by atoms with Gasteiger partial charge in [0.2, 0.25) is 17.8 Å². The summed E-state index contributed by atoms with van der Waals surface area (Å²) in [6.07, 6.45) is 5.13. The number of carbonyl (C=O) groups is 6. The van der Waals surface area contributed by atoms with E-state index >= 15 is 0 Å². The smallest absolute Gasteiger partial charge is 0.320 e. The molecular formula is C43H53N11O6. The number of fused-ring (bicyclic) bond motifs is 1. The minimum absolute atomic E-state index is 0.0149. The van der Waals surface area contributed by atoms with E-state index in [1.54, 1.807) is 17.0 Å². The molecule has 0 radical (unpaired) electrons. The third-order valence-electron chi connectivity index (χ3n) is 13.7. The highest BCUT2D eigenvalue weighted by molar-refractivity contribution is 6.23. The molecule has 316 valence electrons. The number of likely N-dealkylation sites (tertiary alicyclic amines) is 1. The van der Waals surface area contributed by atoms with Crippen molar-refractivity contribution in [2.75, 3.05) is 81.1 Å². The molecule has 17 heteroatoms. The van der Waals surface area contributed by atoms with Gasteiger partial charge in [-0.05, 0) is 98.8 Å². The zero-order chi connectivity index (χ0) is 41.9. The molecule has 3 aromatic rings. The summed E-state index contributed by atoms with van der Waals surface area (Å²) < 4.78 is 0. The zero-order valence-electron chi connectivity index (χ0n) is 34.2. The number of nitrogens with zero attached hydrogens (tertiary/aromatic N) is 7. The average molecular weight is 820 g/mol. The number of aromatic amines is 1. The highest BCUT2D eigenvalue weighted by atomic mass is 16.2. The van der Waals surface area contributed by atoms with Gasteiger partial charge in [-0.2, -0.15) is 4.98 Å². The Labute approximate surface area is 348 Å². The van der Waals surface area contributed by atoms with Crippen molar-refractivity contribution in [3.8, 4) is 0 Å². The molecule has 2 aromatic carbocycles. The van der Waals surface area contributed by atoms with E-state index in [0.717, 1.165) is 94.2 Å². The van der Waals surface area contributed by atoms with Crippen LogP contribution in [0.4, 0.5) is 27.9 Å². The van der Waals surface area contributed by atoms with Crippen LogP contribution in [-0.4, -0.2) is 143 Å². The fourth-order valence-electron chi connectivity index (χ4n) is 10.0. The van der Waals surface area contributed by atoms with Crippen molar-refractivity contribution in [2.45, 2.75) is 69.4 Å². The lowest BCUT2D eigenvalue weighted by atomic mass is 9.74. The second-order valence-corrected chi connectivity index (χ2v) is 17.6. The van der Waals surface area contributed by atoms with Crippen molar-refractivity contribution < 1.29 is 28.8 Å². The Morgan fingerprint density at radius 1 is 0.883 bits per heavy atom. The van der Waals surface area contributed by atoms with E-state index in [2.05, 4.69) is 49.4 Å². The Kier molecular flexibility index (Phi) is 10.2. The summed E-state index contributed by atoms with van der Waals surface area (Å²) in [5, 5.41) is 5.57. The van der Waals surface area contributed by atoms with Gasteiger partial charge in [-0.25, -0.2) is 4.79 Å². The molecule has 9 rings (SSSR count). The summed E-state index contributed by atoms with van der Waals surface area (Å²) in [7, 11) is 1.83.